The van der Waals surface area contributed by atoms with Gasteiger partial charge in [-0.25, -0.2) is 15.0 Å². The molecule has 6 heteroatoms. The molecule has 3 aromatic heterocycles. The summed E-state index contributed by atoms with van der Waals surface area (Å²) >= 11 is 0. The molecule has 0 atom stereocenters. The van der Waals surface area contributed by atoms with Gasteiger partial charge < -0.3 is 9.80 Å². The Bertz CT molecular complexity index is 845. The van der Waals surface area contributed by atoms with Crippen molar-refractivity contribution in [1.82, 2.24) is 19.9 Å². The maximum absolute atomic E-state index is 4.79. The Labute approximate surface area is 153 Å². The van der Waals surface area contributed by atoms with Gasteiger partial charge in [0, 0.05) is 50.3 Å². The number of rotatable bonds is 4. The van der Waals surface area contributed by atoms with Crippen molar-refractivity contribution < 1.29 is 0 Å². The van der Waals surface area contributed by atoms with Crippen molar-refractivity contribution in [3.63, 3.8) is 0 Å². The lowest BCUT2D eigenvalue weighted by molar-refractivity contribution is 0.640. The van der Waals surface area contributed by atoms with E-state index in [1.165, 1.54) is 0 Å². The highest BCUT2D eigenvalue weighted by Crippen LogP contribution is 2.21. The molecule has 6 nitrogen and oxygen atoms in total. The van der Waals surface area contributed by atoms with Gasteiger partial charge in [-0.05, 0) is 30.7 Å². The summed E-state index contributed by atoms with van der Waals surface area (Å²) < 4.78 is 0. The molecule has 0 aliphatic carbocycles. The van der Waals surface area contributed by atoms with Crippen LogP contribution in [0.5, 0.6) is 0 Å². The molecule has 0 radical (unpaired) electrons. The molecule has 3 aromatic rings. The van der Waals surface area contributed by atoms with E-state index in [-0.39, 0.29) is 0 Å². The zero-order chi connectivity index (χ0) is 17.8. The maximum atomic E-state index is 4.79. The minimum atomic E-state index is 0.701. The molecular weight excluding hydrogens is 324 g/mol. The Morgan fingerprint density at radius 1 is 0.808 bits per heavy atom. The number of aryl methyl sites for hydroxylation is 1. The molecule has 4 rings (SSSR count). The van der Waals surface area contributed by atoms with E-state index in [9.17, 15) is 0 Å². The minimum Gasteiger partial charge on any atom is -0.353 e. The van der Waals surface area contributed by atoms with Gasteiger partial charge in [-0.15, -0.1) is 0 Å². The van der Waals surface area contributed by atoms with Crippen LogP contribution in [-0.2, 0) is 6.42 Å². The van der Waals surface area contributed by atoms with E-state index < -0.39 is 0 Å². The van der Waals surface area contributed by atoms with Gasteiger partial charge in [0.25, 0.3) is 0 Å². The number of nitrogens with zero attached hydrogens (tertiary/aromatic N) is 6. The lowest BCUT2D eigenvalue weighted by atomic mass is 10.2. The number of anilines is 2. The number of aromatic nitrogens is 4. The molecule has 0 saturated carbocycles. The van der Waals surface area contributed by atoms with Gasteiger partial charge in [-0.2, -0.15) is 0 Å². The molecule has 4 heterocycles. The third-order valence-corrected chi connectivity index (χ3v) is 4.60. The first-order chi connectivity index (χ1) is 12.8. The molecule has 0 unspecified atom stereocenters. The SMILES string of the molecule is CCc1cc(N2CCN(c3ccccn3)CC2)nc(-c2ccccn2)n1. The summed E-state index contributed by atoms with van der Waals surface area (Å²) in [5.41, 5.74) is 1.86. The molecule has 26 heavy (non-hydrogen) atoms. The van der Waals surface area contributed by atoms with E-state index in [0.29, 0.717) is 5.82 Å². The van der Waals surface area contributed by atoms with Crippen LogP contribution in [0.15, 0.2) is 54.9 Å². The normalized spacial score (nSPS) is 14.5. The molecule has 0 spiro atoms. The molecule has 1 saturated heterocycles. The van der Waals surface area contributed by atoms with Crippen molar-refractivity contribution in [3.8, 4) is 11.5 Å². The molecule has 0 aromatic carbocycles. The summed E-state index contributed by atoms with van der Waals surface area (Å²) in [6.07, 6.45) is 4.50. The fourth-order valence-corrected chi connectivity index (χ4v) is 3.14. The van der Waals surface area contributed by atoms with Crippen LogP contribution in [0.1, 0.15) is 12.6 Å². The fourth-order valence-electron chi connectivity index (χ4n) is 3.14. The maximum Gasteiger partial charge on any atom is 0.180 e. The average Bonchev–Trinajstić information content (AvgIpc) is 2.75. The predicted molar refractivity (Wildman–Crippen MR) is 103 cm³/mol. The summed E-state index contributed by atoms with van der Waals surface area (Å²) in [6, 6.07) is 14.0. The van der Waals surface area contributed by atoms with Crippen molar-refractivity contribution in [3.05, 3.63) is 60.6 Å². The second kappa shape index (κ2) is 7.47. The molecule has 1 fully saturated rings. The van der Waals surface area contributed by atoms with Crippen LogP contribution in [0.3, 0.4) is 0 Å². The Kier molecular flexibility index (Phi) is 4.73. The quantitative estimate of drug-likeness (QED) is 0.724. The van der Waals surface area contributed by atoms with Crippen LogP contribution >= 0.6 is 0 Å². The molecular formula is C20H22N6. The summed E-state index contributed by atoms with van der Waals surface area (Å²) in [6.45, 7) is 5.81. The van der Waals surface area contributed by atoms with E-state index in [4.69, 9.17) is 4.98 Å². The van der Waals surface area contributed by atoms with Crippen LogP contribution in [0, 0.1) is 0 Å². The number of hydrogen-bond acceptors (Lipinski definition) is 6. The zero-order valence-electron chi connectivity index (χ0n) is 14.9. The highest BCUT2D eigenvalue weighted by atomic mass is 15.3. The van der Waals surface area contributed by atoms with Crippen LogP contribution in [0.25, 0.3) is 11.5 Å². The van der Waals surface area contributed by atoms with Crippen LogP contribution in [-0.4, -0.2) is 46.1 Å². The van der Waals surface area contributed by atoms with Crippen LogP contribution < -0.4 is 9.80 Å². The third kappa shape index (κ3) is 3.49. The van der Waals surface area contributed by atoms with Crippen molar-refractivity contribution in [1.29, 1.82) is 0 Å². The summed E-state index contributed by atoms with van der Waals surface area (Å²) in [4.78, 5) is 23.0. The molecule has 1 aliphatic rings. The van der Waals surface area contributed by atoms with Crippen molar-refractivity contribution in [2.45, 2.75) is 13.3 Å². The lowest BCUT2D eigenvalue weighted by Gasteiger charge is -2.36. The van der Waals surface area contributed by atoms with E-state index in [2.05, 4.69) is 43.8 Å². The fraction of sp³-hybridized carbons (Fsp3) is 0.300. The predicted octanol–water partition coefficient (Wildman–Crippen LogP) is 2.82. The first-order valence-corrected chi connectivity index (χ1v) is 9.04. The lowest BCUT2D eigenvalue weighted by Crippen LogP contribution is -2.47. The topological polar surface area (TPSA) is 58.0 Å². The Balaban J connectivity index is 1.55. The zero-order valence-corrected chi connectivity index (χ0v) is 14.9. The Morgan fingerprint density at radius 2 is 1.50 bits per heavy atom. The number of piperazine rings is 1. The monoisotopic (exact) mass is 346 g/mol. The van der Waals surface area contributed by atoms with Gasteiger partial charge >= 0.3 is 0 Å². The Morgan fingerprint density at radius 3 is 2.12 bits per heavy atom. The van der Waals surface area contributed by atoms with Crippen molar-refractivity contribution >= 4 is 11.6 Å². The summed E-state index contributed by atoms with van der Waals surface area (Å²) in [7, 11) is 0. The van der Waals surface area contributed by atoms with E-state index in [1.807, 2.05) is 36.5 Å². The van der Waals surface area contributed by atoms with E-state index in [1.54, 1.807) is 6.20 Å². The smallest absolute Gasteiger partial charge is 0.180 e. The molecule has 1 aliphatic heterocycles. The van der Waals surface area contributed by atoms with Gasteiger partial charge in [0.15, 0.2) is 5.82 Å². The summed E-state index contributed by atoms with van der Waals surface area (Å²) in [5.74, 6) is 2.73. The standard InChI is InChI=1S/C20H22N6/c1-2-16-15-19(24-20(23-16)17-7-3-5-9-21-17)26-13-11-25(12-14-26)18-8-4-6-10-22-18/h3-10,15H,2,11-14H2,1H3. The van der Waals surface area contributed by atoms with Crippen LogP contribution in [0.4, 0.5) is 11.6 Å². The first kappa shape index (κ1) is 16.4. The van der Waals surface area contributed by atoms with Gasteiger partial charge in [0.05, 0.1) is 0 Å². The van der Waals surface area contributed by atoms with Gasteiger partial charge in [0.2, 0.25) is 0 Å². The average molecular weight is 346 g/mol. The highest BCUT2D eigenvalue weighted by molar-refractivity contribution is 5.54. The van der Waals surface area contributed by atoms with Gasteiger partial charge in [0.1, 0.15) is 17.3 Å². The molecule has 132 valence electrons. The minimum absolute atomic E-state index is 0.701. The second-order valence-electron chi connectivity index (χ2n) is 6.27. The van der Waals surface area contributed by atoms with Crippen molar-refractivity contribution in [2.75, 3.05) is 36.0 Å². The number of pyridine rings is 2. The van der Waals surface area contributed by atoms with E-state index in [0.717, 1.165) is 55.6 Å². The van der Waals surface area contributed by atoms with Crippen molar-refractivity contribution in [2.24, 2.45) is 0 Å². The van der Waals surface area contributed by atoms with Gasteiger partial charge in [-0.1, -0.05) is 19.1 Å². The highest BCUT2D eigenvalue weighted by Gasteiger charge is 2.20. The molecule has 0 N–H and O–H groups in total. The number of hydrogen-bond donors (Lipinski definition) is 0. The Hall–Kier alpha value is -3.02. The first-order valence-electron chi connectivity index (χ1n) is 9.04. The molecule has 0 amide bonds. The van der Waals surface area contributed by atoms with Crippen LogP contribution in [0.2, 0.25) is 0 Å². The second-order valence-corrected chi connectivity index (χ2v) is 6.27. The largest absolute Gasteiger partial charge is 0.353 e. The van der Waals surface area contributed by atoms with E-state index >= 15 is 0 Å². The van der Waals surface area contributed by atoms with Gasteiger partial charge in [-0.3, -0.25) is 4.98 Å². The third-order valence-electron chi connectivity index (χ3n) is 4.60. The summed E-state index contributed by atoms with van der Waals surface area (Å²) in [5, 5.41) is 0. The molecule has 0 bridgehead atoms.